The summed E-state index contributed by atoms with van der Waals surface area (Å²) < 4.78 is 4.82. The van der Waals surface area contributed by atoms with Gasteiger partial charge in [-0.1, -0.05) is 127 Å². The SMILES string of the molecule is c1ccc(-n2c3ccccc3c3cc(-c4ccc5c(c4)c4cc6ccccc6cc4n5-c4cccc(-c5cc6cccc7c6c(n5)-c5ccccc5-7)c4)ccc32)cc1. The van der Waals surface area contributed by atoms with Crippen LogP contribution in [-0.2, 0) is 0 Å². The first-order valence-corrected chi connectivity index (χ1v) is 20.0. The molecule has 0 radical (unpaired) electrons. The second-order valence-electron chi connectivity index (χ2n) is 15.6. The Morgan fingerprint density at radius 3 is 1.72 bits per heavy atom. The van der Waals surface area contributed by atoms with E-state index in [1.807, 2.05) is 0 Å². The summed E-state index contributed by atoms with van der Waals surface area (Å²) in [6.45, 7) is 0. The number of rotatable bonds is 4. The molecule has 0 unspecified atom stereocenters. The molecule has 1 aliphatic carbocycles. The summed E-state index contributed by atoms with van der Waals surface area (Å²) in [5.74, 6) is 0. The Kier molecular flexibility index (Phi) is 6.44. The Hall–Kier alpha value is -7.75. The molecule has 0 amide bonds. The van der Waals surface area contributed by atoms with E-state index in [1.165, 1.54) is 98.7 Å². The molecule has 3 heteroatoms. The van der Waals surface area contributed by atoms with E-state index < -0.39 is 0 Å². The van der Waals surface area contributed by atoms with Crippen LogP contribution in [0.1, 0.15) is 0 Å². The molecule has 12 aromatic rings. The lowest BCUT2D eigenvalue weighted by atomic mass is 10.00. The van der Waals surface area contributed by atoms with Crippen molar-refractivity contribution in [2.75, 3.05) is 0 Å². The van der Waals surface area contributed by atoms with Gasteiger partial charge in [0.1, 0.15) is 0 Å². The Morgan fingerprint density at radius 2 is 0.897 bits per heavy atom. The van der Waals surface area contributed by atoms with E-state index >= 15 is 0 Å². The molecule has 3 aromatic heterocycles. The van der Waals surface area contributed by atoms with Crippen LogP contribution in [0.5, 0.6) is 0 Å². The van der Waals surface area contributed by atoms with Crippen molar-refractivity contribution in [2.45, 2.75) is 0 Å². The van der Waals surface area contributed by atoms with Gasteiger partial charge in [0.2, 0.25) is 0 Å². The van der Waals surface area contributed by atoms with E-state index in [2.05, 4.69) is 209 Å². The zero-order valence-electron chi connectivity index (χ0n) is 31.4. The van der Waals surface area contributed by atoms with Crippen LogP contribution in [0.15, 0.2) is 200 Å². The lowest BCUT2D eigenvalue weighted by Crippen LogP contribution is -1.95. The van der Waals surface area contributed by atoms with Crippen LogP contribution in [0.4, 0.5) is 0 Å². The molecule has 0 fully saturated rings. The minimum Gasteiger partial charge on any atom is -0.309 e. The second kappa shape index (κ2) is 11.9. The molecule has 0 spiro atoms. The van der Waals surface area contributed by atoms with Gasteiger partial charge in [-0.3, -0.25) is 0 Å². The van der Waals surface area contributed by atoms with Crippen molar-refractivity contribution < 1.29 is 0 Å². The molecule has 3 nitrogen and oxygen atoms in total. The highest BCUT2D eigenvalue weighted by molar-refractivity contribution is 6.16. The smallest absolute Gasteiger partial charge is 0.0800 e. The van der Waals surface area contributed by atoms with Crippen LogP contribution in [0.25, 0.3) is 121 Å². The average Bonchev–Trinajstić information content (AvgIpc) is 3.91. The highest BCUT2D eigenvalue weighted by Crippen LogP contribution is 2.47. The van der Waals surface area contributed by atoms with Crippen molar-refractivity contribution in [1.29, 1.82) is 0 Å². The molecule has 3 heterocycles. The molecule has 13 rings (SSSR count). The van der Waals surface area contributed by atoms with Crippen LogP contribution in [0.2, 0.25) is 0 Å². The Labute approximate surface area is 334 Å². The van der Waals surface area contributed by atoms with Crippen molar-refractivity contribution in [3.8, 4) is 56.1 Å². The van der Waals surface area contributed by atoms with Crippen LogP contribution in [0.3, 0.4) is 0 Å². The molecular formula is C55H33N3. The maximum absolute atomic E-state index is 5.36. The minimum absolute atomic E-state index is 0.982. The normalized spacial score (nSPS) is 12.1. The highest BCUT2D eigenvalue weighted by atomic mass is 15.0. The van der Waals surface area contributed by atoms with E-state index in [4.69, 9.17) is 4.98 Å². The first-order chi connectivity index (χ1) is 28.7. The molecule has 1 aliphatic rings. The zero-order chi connectivity index (χ0) is 37.9. The molecular weight excluding hydrogens is 703 g/mol. The maximum atomic E-state index is 5.36. The van der Waals surface area contributed by atoms with Crippen molar-refractivity contribution in [1.82, 2.24) is 14.1 Å². The largest absolute Gasteiger partial charge is 0.309 e. The quantitative estimate of drug-likeness (QED) is 0.176. The summed E-state index contributed by atoms with van der Waals surface area (Å²) in [7, 11) is 0. The number of nitrogens with zero attached hydrogens (tertiary/aromatic N) is 3. The third-order valence-electron chi connectivity index (χ3n) is 12.4. The molecule has 0 saturated carbocycles. The standard InChI is InChI=1S/C55H33N3/c1-2-16-40(17-3-1)57-50-23-9-8-20-43(50)46-30-36(24-26-51(46)57)37-25-27-52-47(31-37)48-29-34-12-4-5-13-35(34)33-53(48)58(52)41-18-10-14-38(28-41)49-32-39-15-11-22-44-42-19-6-7-21-45(42)55(56-49)54(39)44/h1-33H. The van der Waals surface area contributed by atoms with Gasteiger partial charge in [-0.05, 0) is 111 Å². The van der Waals surface area contributed by atoms with E-state index in [9.17, 15) is 0 Å². The van der Waals surface area contributed by atoms with Crippen molar-refractivity contribution in [3.63, 3.8) is 0 Å². The summed E-state index contributed by atoms with van der Waals surface area (Å²) in [5, 5.41) is 9.91. The van der Waals surface area contributed by atoms with Gasteiger partial charge in [0.05, 0.1) is 33.5 Å². The van der Waals surface area contributed by atoms with Gasteiger partial charge < -0.3 is 9.13 Å². The fraction of sp³-hybridized carbons (Fsp3) is 0. The van der Waals surface area contributed by atoms with Gasteiger partial charge >= 0.3 is 0 Å². The third kappa shape index (κ3) is 4.47. The highest BCUT2D eigenvalue weighted by Gasteiger charge is 2.24. The fourth-order valence-corrected chi connectivity index (χ4v) is 9.78. The summed E-state index contributed by atoms with van der Waals surface area (Å²) >= 11 is 0. The van der Waals surface area contributed by atoms with Gasteiger partial charge in [0.15, 0.2) is 0 Å². The maximum Gasteiger partial charge on any atom is 0.0800 e. The number of hydrogen-bond acceptors (Lipinski definition) is 1. The predicted octanol–water partition coefficient (Wildman–Crippen LogP) is 14.6. The number of benzene rings is 9. The molecule has 0 atom stereocenters. The van der Waals surface area contributed by atoms with Crippen molar-refractivity contribution >= 4 is 65.2 Å². The summed E-state index contributed by atoms with van der Waals surface area (Å²) in [6.07, 6.45) is 0. The Bertz CT molecular complexity index is 3680. The van der Waals surface area contributed by atoms with E-state index in [0.29, 0.717) is 0 Å². The van der Waals surface area contributed by atoms with Crippen molar-refractivity contribution in [3.05, 3.63) is 200 Å². The monoisotopic (exact) mass is 735 g/mol. The van der Waals surface area contributed by atoms with Crippen LogP contribution >= 0.6 is 0 Å². The number of hydrogen-bond donors (Lipinski definition) is 0. The topological polar surface area (TPSA) is 22.8 Å². The molecule has 9 aromatic carbocycles. The predicted molar refractivity (Wildman–Crippen MR) is 243 cm³/mol. The van der Waals surface area contributed by atoms with Crippen LogP contribution in [0, 0.1) is 0 Å². The summed E-state index contributed by atoms with van der Waals surface area (Å²) in [5.41, 5.74) is 16.4. The molecule has 0 bridgehead atoms. The van der Waals surface area contributed by atoms with Gasteiger partial charge in [-0.15, -0.1) is 0 Å². The summed E-state index contributed by atoms with van der Waals surface area (Å²) in [4.78, 5) is 5.36. The average molecular weight is 736 g/mol. The van der Waals surface area contributed by atoms with Crippen LogP contribution in [-0.4, -0.2) is 14.1 Å². The first-order valence-electron chi connectivity index (χ1n) is 20.0. The molecule has 0 saturated heterocycles. The Balaban J connectivity index is 1.00. The Morgan fingerprint density at radius 1 is 0.310 bits per heavy atom. The van der Waals surface area contributed by atoms with Gasteiger partial charge in [-0.25, -0.2) is 4.98 Å². The third-order valence-corrected chi connectivity index (χ3v) is 12.4. The minimum atomic E-state index is 0.982. The lowest BCUT2D eigenvalue weighted by molar-refractivity contribution is 1.18. The molecule has 58 heavy (non-hydrogen) atoms. The second-order valence-corrected chi connectivity index (χ2v) is 15.6. The molecule has 0 N–H and O–H groups in total. The fourth-order valence-electron chi connectivity index (χ4n) is 9.78. The number of aromatic nitrogens is 3. The molecule has 0 aliphatic heterocycles. The van der Waals surface area contributed by atoms with Gasteiger partial charge in [0, 0.05) is 49.4 Å². The number of para-hydroxylation sites is 2. The first kappa shape index (κ1) is 31.5. The van der Waals surface area contributed by atoms with Gasteiger partial charge in [-0.2, -0.15) is 0 Å². The lowest BCUT2D eigenvalue weighted by Gasteiger charge is -2.12. The van der Waals surface area contributed by atoms with Gasteiger partial charge in [0.25, 0.3) is 0 Å². The number of pyridine rings is 1. The molecule has 268 valence electrons. The van der Waals surface area contributed by atoms with E-state index in [-0.39, 0.29) is 0 Å². The van der Waals surface area contributed by atoms with Crippen molar-refractivity contribution in [2.24, 2.45) is 0 Å². The van der Waals surface area contributed by atoms with E-state index in [1.54, 1.807) is 0 Å². The zero-order valence-corrected chi connectivity index (χ0v) is 31.4. The summed E-state index contributed by atoms with van der Waals surface area (Å²) in [6, 6.07) is 73.2. The van der Waals surface area contributed by atoms with E-state index in [0.717, 1.165) is 22.6 Å². The number of fused-ring (bicyclic) bond motifs is 10. The van der Waals surface area contributed by atoms with Crippen LogP contribution < -0.4 is 0 Å².